The molecule has 1 atom stereocenters. The lowest BCUT2D eigenvalue weighted by atomic mass is 10.0. The first-order valence-corrected chi connectivity index (χ1v) is 30.2. The zero-order chi connectivity index (χ0) is 48.6. The molecule has 0 spiro atoms. The third-order valence-electron chi connectivity index (χ3n) is 13.8. The van der Waals surface area contributed by atoms with Crippen molar-refractivity contribution >= 4 is 17.9 Å². The fraction of sp³-hybridized carbons (Fsp3) is 0.918. The molecule has 1 unspecified atom stereocenters. The van der Waals surface area contributed by atoms with E-state index in [1.165, 1.54) is 238 Å². The monoisotopic (exact) mass is 945 g/mol. The van der Waals surface area contributed by atoms with Gasteiger partial charge in [0.15, 0.2) is 6.10 Å². The Hall–Kier alpha value is -1.85. The summed E-state index contributed by atoms with van der Waals surface area (Å²) in [5.41, 5.74) is 0. The second-order valence-electron chi connectivity index (χ2n) is 20.6. The highest BCUT2D eigenvalue weighted by molar-refractivity contribution is 5.71. The molecule has 0 N–H and O–H groups in total. The van der Waals surface area contributed by atoms with E-state index in [2.05, 4.69) is 32.9 Å². The third kappa shape index (κ3) is 55.0. The van der Waals surface area contributed by atoms with Gasteiger partial charge in [0.1, 0.15) is 13.2 Å². The lowest BCUT2D eigenvalue weighted by Gasteiger charge is -2.18. The van der Waals surface area contributed by atoms with Gasteiger partial charge in [0.25, 0.3) is 0 Å². The number of hydrogen-bond acceptors (Lipinski definition) is 6. The third-order valence-corrected chi connectivity index (χ3v) is 13.8. The number of allylic oxidation sites excluding steroid dienone is 2. The van der Waals surface area contributed by atoms with Crippen molar-refractivity contribution in [2.24, 2.45) is 0 Å². The molecule has 0 aromatic heterocycles. The molecule has 67 heavy (non-hydrogen) atoms. The zero-order valence-electron chi connectivity index (χ0n) is 45.5. The minimum atomic E-state index is -0.768. The first-order valence-electron chi connectivity index (χ1n) is 30.2. The minimum absolute atomic E-state index is 0.0663. The second kappa shape index (κ2) is 56.7. The second-order valence-corrected chi connectivity index (χ2v) is 20.6. The molecule has 396 valence electrons. The average Bonchev–Trinajstić information content (AvgIpc) is 3.33. The summed E-state index contributed by atoms with van der Waals surface area (Å²) in [4.78, 5) is 38.2. The molecule has 0 fully saturated rings. The summed E-state index contributed by atoms with van der Waals surface area (Å²) in [6.45, 7) is 6.69. The van der Waals surface area contributed by atoms with Gasteiger partial charge in [-0.1, -0.05) is 290 Å². The van der Waals surface area contributed by atoms with E-state index in [4.69, 9.17) is 14.2 Å². The van der Waals surface area contributed by atoms with Crippen molar-refractivity contribution in [3.8, 4) is 0 Å². The number of esters is 3. The minimum Gasteiger partial charge on any atom is -0.462 e. The number of rotatable bonds is 56. The maximum Gasteiger partial charge on any atom is 0.306 e. The average molecular weight is 946 g/mol. The molecule has 6 nitrogen and oxygen atoms in total. The lowest BCUT2D eigenvalue weighted by molar-refractivity contribution is -0.167. The molecule has 0 amide bonds. The molecule has 0 aromatic carbocycles. The maximum atomic E-state index is 12.9. The van der Waals surface area contributed by atoms with Gasteiger partial charge in [0.2, 0.25) is 0 Å². The molecule has 0 aromatic rings. The van der Waals surface area contributed by atoms with Crippen LogP contribution in [0, 0.1) is 0 Å². The SMILES string of the molecule is CCCCCC/C=C\CCCCCCCC(=O)OCC(COC(=O)CCCCCCCCCCCCCCCCCCCCC)OC(=O)CCCCCCCCCCCCCCCCCCC. The van der Waals surface area contributed by atoms with Gasteiger partial charge in [-0.25, -0.2) is 0 Å². The molecule has 0 bridgehead atoms. The van der Waals surface area contributed by atoms with Crippen molar-refractivity contribution < 1.29 is 28.6 Å². The van der Waals surface area contributed by atoms with Crippen molar-refractivity contribution in [1.29, 1.82) is 0 Å². The molecule has 0 aliphatic heterocycles. The van der Waals surface area contributed by atoms with Crippen molar-refractivity contribution in [3.63, 3.8) is 0 Å². The van der Waals surface area contributed by atoms with Crippen LogP contribution < -0.4 is 0 Å². The molecular weight excluding hydrogens is 829 g/mol. The molecule has 6 heteroatoms. The van der Waals surface area contributed by atoms with E-state index in [-0.39, 0.29) is 31.1 Å². The Balaban J connectivity index is 4.28. The van der Waals surface area contributed by atoms with Gasteiger partial charge in [-0.15, -0.1) is 0 Å². The molecular formula is C61H116O6. The van der Waals surface area contributed by atoms with Gasteiger partial charge in [0, 0.05) is 19.3 Å². The predicted octanol–water partition coefficient (Wildman–Crippen LogP) is 20.1. The fourth-order valence-electron chi connectivity index (χ4n) is 9.21. The van der Waals surface area contributed by atoms with E-state index >= 15 is 0 Å². The van der Waals surface area contributed by atoms with Crippen LogP contribution in [0.5, 0.6) is 0 Å². The van der Waals surface area contributed by atoms with E-state index in [0.29, 0.717) is 19.3 Å². The summed E-state index contributed by atoms with van der Waals surface area (Å²) >= 11 is 0. The molecule has 0 radical (unpaired) electrons. The summed E-state index contributed by atoms with van der Waals surface area (Å²) in [6.07, 6.45) is 64.9. The number of unbranched alkanes of at least 4 members (excludes halogenated alkanes) is 43. The smallest absolute Gasteiger partial charge is 0.306 e. The Labute approximate surface area is 418 Å². The van der Waals surface area contributed by atoms with Gasteiger partial charge in [-0.3, -0.25) is 14.4 Å². The first-order chi connectivity index (χ1) is 33.0. The Morgan fingerprint density at radius 3 is 0.761 bits per heavy atom. The maximum absolute atomic E-state index is 12.9. The largest absolute Gasteiger partial charge is 0.462 e. The van der Waals surface area contributed by atoms with E-state index in [1.54, 1.807) is 0 Å². The summed E-state index contributed by atoms with van der Waals surface area (Å²) in [5.74, 6) is -0.848. The fourth-order valence-corrected chi connectivity index (χ4v) is 9.21. The van der Waals surface area contributed by atoms with Gasteiger partial charge in [0.05, 0.1) is 0 Å². The van der Waals surface area contributed by atoms with E-state index in [9.17, 15) is 14.4 Å². The number of hydrogen-bond donors (Lipinski definition) is 0. The summed E-state index contributed by atoms with van der Waals surface area (Å²) < 4.78 is 16.9. The zero-order valence-corrected chi connectivity index (χ0v) is 45.5. The standard InChI is InChI=1S/C61H116O6/c1-4-7-10-13-16-19-22-25-27-29-30-32-33-36-39-42-45-48-51-54-60(63)66-57-58(56-65-59(62)53-50-47-44-41-38-35-24-21-18-15-12-9-6-3)67-61(64)55-52-49-46-43-40-37-34-31-28-26-23-20-17-14-11-8-5-2/h21,24,58H,4-20,22-23,25-57H2,1-3H3/b24-21-. The predicted molar refractivity (Wildman–Crippen MR) is 289 cm³/mol. The van der Waals surface area contributed by atoms with Crippen LogP contribution >= 0.6 is 0 Å². The molecule has 0 aliphatic rings. The highest BCUT2D eigenvalue weighted by Crippen LogP contribution is 2.18. The van der Waals surface area contributed by atoms with Gasteiger partial charge >= 0.3 is 17.9 Å². The van der Waals surface area contributed by atoms with Crippen LogP contribution in [-0.2, 0) is 28.6 Å². The van der Waals surface area contributed by atoms with Crippen LogP contribution in [0.15, 0.2) is 12.2 Å². The van der Waals surface area contributed by atoms with Gasteiger partial charge in [-0.05, 0) is 44.9 Å². The highest BCUT2D eigenvalue weighted by atomic mass is 16.6. The van der Waals surface area contributed by atoms with Crippen LogP contribution in [-0.4, -0.2) is 37.2 Å². The van der Waals surface area contributed by atoms with Crippen molar-refractivity contribution in [3.05, 3.63) is 12.2 Å². The van der Waals surface area contributed by atoms with Crippen LogP contribution in [0.25, 0.3) is 0 Å². The number of ether oxygens (including phenoxy) is 3. The number of carbonyl (C=O) groups is 3. The van der Waals surface area contributed by atoms with E-state index < -0.39 is 6.10 Å². The number of carbonyl (C=O) groups excluding carboxylic acids is 3. The quantitative estimate of drug-likeness (QED) is 0.0262. The highest BCUT2D eigenvalue weighted by Gasteiger charge is 2.19. The molecule has 0 saturated heterocycles. The van der Waals surface area contributed by atoms with Crippen molar-refractivity contribution in [2.45, 2.75) is 348 Å². The van der Waals surface area contributed by atoms with E-state index in [0.717, 1.165) is 64.2 Å². The van der Waals surface area contributed by atoms with Crippen molar-refractivity contribution in [2.75, 3.05) is 13.2 Å². The molecule has 0 rings (SSSR count). The van der Waals surface area contributed by atoms with Gasteiger partial charge in [-0.2, -0.15) is 0 Å². The first kappa shape index (κ1) is 65.1. The summed E-state index contributed by atoms with van der Waals surface area (Å²) in [6, 6.07) is 0. The Morgan fingerprint density at radius 2 is 0.493 bits per heavy atom. The van der Waals surface area contributed by atoms with Crippen LogP contribution in [0.2, 0.25) is 0 Å². The Morgan fingerprint density at radius 1 is 0.284 bits per heavy atom. The lowest BCUT2D eigenvalue weighted by Crippen LogP contribution is -2.30. The van der Waals surface area contributed by atoms with Crippen LogP contribution in [0.4, 0.5) is 0 Å². The van der Waals surface area contributed by atoms with Crippen molar-refractivity contribution in [1.82, 2.24) is 0 Å². The van der Waals surface area contributed by atoms with E-state index in [1.807, 2.05) is 0 Å². The van der Waals surface area contributed by atoms with Gasteiger partial charge < -0.3 is 14.2 Å². The Bertz CT molecular complexity index is 1040. The van der Waals surface area contributed by atoms with Crippen LogP contribution in [0.1, 0.15) is 342 Å². The summed E-state index contributed by atoms with van der Waals surface area (Å²) in [7, 11) is 0. The molecule has 0 aliphatic carbocycles. The normalized spacial score (nSPS) is 12.0. The van der Waals surface area contributed by atoms with Crippen LogP contribution in [0.3, 0.4) is 0 Å². The summed E-state index contributed by atoms with van der Waals surface area (Å²) in [5, 5.41) is 0. The Kier molecular flexibility index (Phi) is 55.2. The molecule has 0 heterocycles. The topological polar surface area (TPSA) is 78.9 Å². The molecule has 0 saturated carbocycles.